The third-order valence-corrected chi connectivity index (χ3v) is 3.45. The van der Waals surface area contributed by atoms with E-state index in [-0.39, 0.29) is 6.17 Å². The molecule has 0 bridgehead atoms. The number of hydrazine groups is 1. The highest BCUT2D eigenvalue weighted by Gasteiger charge is 2.26. The second-order valence-electron chi connectivity index (χ2n) is 5.22. The van der Waals surface area contributed by atoms with Gasteiger partial charge in [0.15, 0.2) is 19.9 Å². The molecular weight excluding hydrogens is 212 g/mol. The number of rotatable bonds is 5. The van der Waals surface area contributed by atoms with Crippen LogP contribution in [0.2, 0.25) is 0 Å². The van der Waals surface area contributed by atoms with Crippen LogP contribution in [0.3, 0.4) is 0 Å². The highest BCUT2D eigenvalue weighted by Crippen LogP contribution is 2.29. The van der Waals surface area contributed by atoms with Crippen molar-refractivity contribution < 1.29 is 4.68 Å². The molecular formula is C13H27N4+. The van der Waals surface area contributed by atoms with Gasteiger partial charge in [-0.25, -0.2) is 0 Å². The zero-order chi connectivity index (χ0) is 12.7. The first-order chi connectivity index (χ1) is 8.13. The molecule has 4 nitrogen and oxygen atoms in total. The molecule has 98 valence electrons. The van der Waals surface area contributed by atoms with Gasteiger partial charge in [0.1, 0.15) is 0 Å². The summed E-state index contributed by atoms with van der Waals surface area (Å²) in [6, 6.07) is 0. The first kappa shape index (κ1) is 14.1. The summed E-state index contributed by atoms with van der Waals surface area (Å²) in [5, 5.41) is 8.56. The molecule has 0 aromatic heterocycles. The van der Waals surface area contributed by atoms with E-state index in [4.69, 9.17) is 0 Å². The lowest BCUT2D eigenvalue weighted by molar-refractivity contribution is -0.560. The van der Waals surface area contributed by atoms with Crippen molar-refractivity contribution in [2.24, 2.45) is 22.1 Å². The third kappa shape index (κ3) is 5.29. The van der Waals surface area contributed by atoms with Gasteiger partial charge in [0.2, 0.25) is 0 Å². The van der Waals surface area contributed by atoms with Crippen LogP contribution >= 0.6 is 0 Å². The number of hydrazone groups is 1. The van der Waals surface area contributed by atoms with Crippen LogP contribution in [0.1, 0.15) is 46.0 Å². The fourth-order valence-electron chi connectivity index (χ4n) is 2.45. The van der Waals surface area contributed by atoms with Crippen molar-refractivity contribution in [2.45, 2.75) is 52.1 Å². The highest BCUT2D eigenvalue weighted by atomic mass is 15.5. The first-order valence-corrected chi connectivity index (χ1v) is 6.80. The maximum absolute atomic E-state index is 4.40. The Kier molecular flexibility index (Phi) is 6.16. The minimum Gasteiger partial charge on any atom is -0.192 e. The van der Waals surface area contributed by atoms with Crippen molar-refractivity contribution in [3.05, 3.63) is 0 Å². The number of hydrogen-bond acceptors (Lipinski definition) is 3. The van der Waals surface area contributed by atoms with Gasteiger partial charge >= 0.3 is 0 Å². The lowest BCUT2D eigenvalue weighted by atomic mass is 9.96. The molecule has 1 rings (SSSR count). The third-order valence-electron chi connectivity index (χ3n) is 3.45. The fourth-order valence-corrected chi connectivity index (χ4v) is 2.45. The van der Waals surface area contributed by atoms with Crippen molar-refractivity contribution in [3.63, 3.8) is 0 Å². The maximum atomic E-state index is 4.40. The molecule has 0 aromatic carbocycles. The summed E-state index contributed by atoms with van der Waals surface area (Å²) >= 11 is 0. The standard InChI is InChI=1S/C13H27N4/c1-5-14-15-13(16-17(3)4)12-8-6-7-11(2)9-10-12/h11-13,16H,3,5-10H2,1-2,4H3/q+1. The molecule has 3 atom stereocenters. The molecule has 0 amide bonds. The SMILES string of the molecule is C=[N+](C)NC(N=NCC)C1CCCC(C)CC1. The lowest BCUT2D eigenvalue weighted by Crippen LogP contribution is -2.39. The van der Waals surface area contributed by atoms with Gasteiger partial charge in [-0.1, -0.05) is 26.2 Å². The van der Waals surface area contributed by atoms with Gasteiger partial charge < -0.3 is 0 Å². The molecule has 1 aliphatic carbocycles. The molecule has 0 aliphatic heterocycles. The van der Waals surface area contributed by atoms with E-state index in [9.17, 15) is 0 Å². The van der Waals surface area contributed by atoms with Gasteiger partial charge in [0.05, 0.1) is 6.54 Å². The Bertz CT molecular complexity index is 262. The molecule has 17 heavy (non-hydrogen) atoms. The fraction of sp³-hybridized carbons (Fsp3) is 0.923. The van der Waals surface area contributed by atoms with Gasteiger partial charge in [-0.2, -0.15) is 15.7 Å². The van der Waals surface area contributed by atoms with Crippen LogP contribution in [0.15, 0.2) is 10.2 Å². The second kappa shape index (κ2) is 7.41. The van der Waals surface area contributed by atoms with Gasteiger partial charge in [-0.05, 0) is 25.7 Å². The van der Waals surface area contributed by atoms with Gasteiger partial charge in [-0.15, -0.1) is 4.68 Å². The molecule has 1 aliphatic rings. The minimum atomic E-state index is 0.0998. The smallest absolute Gasteiger partial charge is 0.192 e. The quantitative estimate of drug-likeness (QED) is 0.259. The predicted octanol–water partition coefficient (Wildman–Crippen LogP) is 2.85. The lowest BCUT2D eigenvalue weighted by Gasteiger charge is -2.20. The topological polar surface area (TPSA) is 39.8 Å². The van der Waals surface area contributed by atoms with Crippen LogP contribution in [0.5, 0.6) is 0 Å². The van der Waals surface area contributed by atoms with Crippen LogP contribution < -0.4 is 5.43 Å². The monoisotopic (exact) mass is 239 g/mol. The molecule has 0 aromatic rings. The van der Waals surface area contributed by atoms with E-state index in [1.54, 1.807) is 4.68 Å². The molecule has 1 N–H and O–H groups in total. The molecule has 0 saturated heterocycles. The normalized spacial score (nSPS) is 27.7. The highest BCUT2D eigenvalue weighted by molar-refractivity contribution is 5.13. The zero-order valence-electron chi connectivity index (χ0n) is 11.5. The number of azo groups is 1. The van der Waals surface area contributed by atoms with Gasteiger partial charge in [0, 0.05) is 5.92 Å². The average molecular weight is 239 g/mol. The van der Waals surface area contributed by atoms with Gasteiger partial charge in [-0.3, -0.25) is 0 Å². The first-order valence-electron chi connectivity index (χ1n) is 6.80. The van der Waals surface area contributed by atoms with Crippen molar-refractivity contribution in [2.75, 3.05) is 13.6 Å². The van der Waals surface area contributed by atoms with E-state index >= 15 is 0 Å². The summed E-state index contributed by atoms with van der Waals surface area (Å²) in [6.07, 6.45) is 6.57. The van der Waals surface area contributed by atoms with E-state index in [0.717, 1.165) is 12.5 Å². The molecule has 0 spiro atoms. The zero-order valence-corrected chi connectivity index (χ0v) is 11.5. The van der Waals surface area contributed by atoms with Gasteiger partial charge in [0.25, 0.3) is 0 Å². The Morgan fingerprint density at radius 3 is 2.76 bits per heavy atom. The van der Waals surface area contributed by atoms with Crippen LogP contribution in [-0.2, 0) is 0 Å². The Hall–Kier alpha value is -0.930. The van der Waals surface area contributed by atoms with Crippen molar-refractivity contribution in [3.8, 4) is 0 Å². The Balaban J connectivity index is 2.60. The second-order valence-corrected chi connectivity index (χ2v) is 5.22. The van der Waals surface area contributed by atoms with Crippen molar-refractivity contribution >= 4 is 6.72 Å². The van der Waals surface area contributed by atoms with Crippen LogP contribution in [-0.4, -0.2) is 31.2 Å². The molecule has 3 unspecified atom stereocenters. The summed E-state index contributed by atoms with van der Waals surface area (Å²) in [5.74, 6) is 1.46. The van der Waals surface area contributed by atoms with E-state index < -0.39 is 0 Å². The van der Waals surface area contributed by atoms with Crippen molar-refractivity contribution in [1.82, 2.24) is 5.43 Å². The van der Waals surface area contributed by atoms with E-state index in [1.807, 2.05) is 14.0 Å². The summed E-state index contributed by atoms with van der Waals surface area (Å²) in [5.41, 5.74) is 3.29. The summed E-state index contributed by atoms with van der Waals surface area (Å²) in [7, 11) is 1.91. The summed E-state index contributed by atoms with van der Waals surface area (Å²) in [6.45, 7) is 8.96. The molecule has 1 saturated carbocycles. The van der Waals surface area contributed by atoms with E-state index in [2.05, 4.69) is 29.3 Å². The number of nitrogens with zero attached hydrogens (tertiary/aromatic N) is 3. The van der Waals surface area contributed by atoms with Crippen molar-refractivity contribution in [1.29, 1.82) is 0 Å². The minimum absolute atomic E-state index is 0.0998. The summed E-state index contributed by atoms with van der Waals surface area (Å²) in [4.78, 5) is 0. The van der Waals surface area contributed by atoms with Crippen LogP contribution in [0.4, 0.5) is 0 Å². The molecule has 0 heterocycles. The summed E-state index contributed by atoms with van der Waals surface area (Å²) < 4.78 is 1.74. The Morgan fingerprint density at radius 2 is 2.12 bits per heavy atom. The molecule has 1 fully saturated rings. The number of hydrogen-bond donors (Lipinski definition) is 1. The maximum Gasteiger partial charge on any atom is 0.193 e. The van der Waals surface area contributed by atoms with E-state index in [0.29, 0.717) is 5.92 Å². The molecule has 0 radical (unpaired) electrons. The van der Waals surface area contributed by atoms with E-state index in [1.165, 1.54) is 32.1 Å². The average Bonchev–Trinajstić information content (AvgIpc) is 2.49. The largest absolute Gasteiger partial charge is 0.193 e. The number of nitrogens with one attached hydrogen (secondary N) is 1. The Labute approximate surface area is 105 Å². The predicted molar refractivity (Wildman–Crippen MR) is 71.4 cm³/mol. The molecule has 4 heteroatoms. The van der Waals surface area contributed by atoms with Crippen LogP contribution in [0, 0.1) is 11.8 Å². The Morgan fingerprint density at radius 1 is 1.35 bits per heavy atom. The van der Waals surface area contributed by atoms with Crippen LogP contribution in [0.25, 0.3) is 0 Å².